The summed E-state index contributed by atoms with van der Waals surface area (Å²) in [7, 11) is 1.90. The number of hydrogen-bond acceptors (Lipinski definition) is 4. The summed E-state index contributed by atoms with van der Waals surface area (Å²) < 4.78 is 0. The number of nitrogens with one attached hydrogen (secondary N) is 1. The summed E-state index contributed by atoms with van der Waals surface area (Å²) in [6.45, 7) is 2.60. The third-order valence-corrected chi connectivity index (χ3v) is 3.03. The first kappa shape index (κ1) is 11.2. The van der Waals surface area contributed by atoms with E-state index in [-0.39, 0.29) is 11.9 Å². The van der Waals surface area contributed by atoms with Gasteiger partial charge in [0.2, 0.25) is 0 Å². The van der Waals surface area contributed by atoms with Gasteiger partial charge >= 0.3 is 0 Å². The maximum atomic E-state index is 11.2. The predicted octanol–water partition coefficient (Wildman–Crippen LogP) is 0.558. The normalized spacial score (nSPS) is 12.9. The van der Waals surface area contributed by atoms with Crippen LogP contribution in [0.2, 0.25) is 0 Å². The van der Waals surface area contributed by atoms with E-state index in [2.05, 4.69) is 5.43 Å². The average molecular weight is 213 g/mol. The van der Waals surface area contributed by atoms with Crippen LogP contribution in [0.3, 0.4) is 0 Å². The molecule has 1 aromatic rings. The molecule has 0 aliphatic carbocycles. The summed E-state index contributed by atoms with van der Waals surface area (Å²) >= 11 is 1.68. The fraction of sp³-hybridized carbons (Fsp3) is 0.444. The van der Waals surface area contributed by atoms with Crippen molar-refractivity contribution in [3.8, 4) is 0 Å². The van der Waals surface area contributed by atoms with Crippen LogP contribution >= 0.6 is 11.3 Å². The summed E-state index contributed by atoms with van der Waals surface area (Å²) in [5.41, 5.74) is 2.15. The number of carbonyl (C=O) groups is 1. The SMILES string of the molecule is CC(C(=O)NN)N(C)Cc1cccs1. The van der Waals surface area contributed by atoms with Gasteiger partial charge in [0.05, 0.1) is 6.04 Å². The lowest BCUT2D eigenvalue weighted by molar-refractivity contribution is -0.125. The predicted molar refractivity (Wildman–Crippen MR) is 57.6 cm³/mol. The first-order valence-corrected chi connectivity index (χ1v) is 5.26. The number of hydrazine groups is 1. The Morgan fingerprint density at radius 1 is 1.79 bits per heavy atom. The third-order valence-electron chi connectivity index (χ3n) is 2.17. The molecule has 0 fully saturated rings. The number of likely N-dealkylation sites (N-methyl/N-ethyl adjacent to an activating group) is 1. The monoisotopic (exact) mass is 213 g/mol. The molecule has 1 atom stereocenters. The Morgan fingerprint density at radius 2 is 2.50 bits per heavy atom. The number of nitrogens with zero attached hydrogens (tertiary/aromatic N) is 1. The second kappa shape index (κ2) is 5.09. The summed E-state index contributed by atoms with van der Waals surface area (Å²) in [6.07, 6.45) is 0. The molecule has 14 heavy (non-hydrogen) atoms. The molecule has 1 heterocycles. The van der Waals surface area contributed by atoms with Crippen molar-refractivity contribution in [2.24, 2.45) is 5.84 Å². The number of rotatable bonds is 4. The van der Waals surface area contributed by atoms with Gasteiger partial charge in [-0.05, 0) is 25.4 Å². The average Bonchev–Trinajstić information content (AvgIpc) is 2.68. The Hall–Kier alpha value is -0.910. The van der Waals surface area contributed by atoms with Gasteiger partial charge < -0.3 is 0 Å². The second-order valence-electron chi connectivity index (χ2n) is 3.18. The zero-order valence-corrected chi connectivity index (χ0v) is 9.17. The van der Waals surface area contributed by atoms with Gasteiger partial charge in [0.15, 0.2) is 0 Å². The molecule has 3 N–H and O–H groups in total. The smallest absolute Gasteiger partial charge is 0.250 e. The van der Waals surface area contributed by atoms with Crippen LogP contribution in [0.1, 0.15) is 11.8 Å². The van der Waals surface area contributed by atoms with Crippen LogP contribution in [0, 0.1) is 0 Å². The molecular formula is C9H15N3OS. The van der Waals surface area contributed by atoms with E-state index in [1.54, 1.807) is 11.3 Å². The lowest BCUT2D eigenvalue weighted by atomic mass is 10.3. The highest BCUT2D eigenvalue weighted by molar-refractivity contribution is 7.09. The van der Waals surface area contributed by atoms with E-state index in [1.165, 1.54) is 4.88 Å². The van der Waals surface area contributed by atoms with E-state index in [1.807, 2.05) is 36.4 Å². The van der Waals surface area contributed by atoms with Gasteiger partial charge in [0.1, 0.15) is 0 Å². The van der Waals surface area contributed by atoms with Gasteiger partial charge in [0.25, 0.3) is 5.91 Å². The standard InChI is InChI=1S/C9H15N3OS/c1-7(9(13)11-10)12(2)6-8-4-3-5-14-8/h3-5,7H,6,10H2,1-2H3,(H,11,13). The third kappa shape index (κ3) is 2.80. The molecule has 1 amide bonds. The molecule has 0 saturated heterocycles. The van der Waals surface area contributed by atoms with Crippen LogP contribution in [-0.4, -0.2) is 23.9 Å². The van der Waals surface area contributed by atoms with Crippen LogP contribution in [-0.2, 0) is 11.3 Å². The van der Waals surface area contributed by atoms with Crippen molar-refractivity contribution in [1.29, 1.82) is 0 Å². The highest BCUT2D eigenvalue weighted by Crippen LogP contribution is 2.12. The van der Waals surface area contributed by atoms with Crippen molar-refractivity contribution in [1.82, 2.24) is 10.3 Å². The Bertz CT molecular complexity index is 286. The van der Waals surface area contributed by atoms with Crippen molar-refractivity contribution in [3.63, 3.8) is 0 Å². The van der Waals surface area contributed by atoms with Crippen molar-refractivity contribution in [3.05, 3.63) is 22.4 Å². The van der Waals surface area contributed by atoms with E-state index in [4.69, 9.17) is 5.84 Å². The largest absolute Gasteiger partial charge is 0.293 e. The second-order valence-corrected chi connectivity index (χ2v) is 4.21. The molecule has 1 unspecified atom stereocenters. The van der Waals surface area contributed by atoms with Gasteiger partial charge in [-0.3, -0.25) is 15.1 Å². The van der Waals surface area contributed by atoms with Gasteiger partial charge in [0, 0.05) is 11.4 Å². The summed E-state index contributed by atoms with van der Waals surface area (Å²) in [5.74, 6) is 4.90. The number of hydrogen-bond donors (Lipinski definition) is 2. The lowest BCUT2D eigenvalue weighted by Gasteiger charge is -2.22. The molecule has 1 rings (SSSR count). The van der Waals surface area contributed by atoms with E-state index >= 15 is 0 Å². The van der Waals surface area contributed by atoms with E-state index in [0.717, 1.165) is 6.54 Å². The summed E-state index contributed by atoms with van der Waals surface area (Å²) in [4.78, 5) is 14.4. The topological polar surface area (TPSA) is 58.4 Å². The van der Waals surface area contributed by atoms with Gasteiger partial charge in [-0.25, -0.2) is 5.84 Å². The van der Waals surface area contributed by atoms with Crippen molar-refractivity contribution in [2.45, 2.75) is 19.5 Å². The molecule has 0 spiro atoms. The van der Waals surface area contributed by atoms with Gasteiger partial charge in [-0.2, -0.15) is 0 Å². The van der Waals surface area contributed by atoms with Crippen LogP contribution in [0.15, 0.2) is 17.5 Å². The minimum absolute atomic E-state index is 0.163. The maximum absolute atomic E-state index is 11.2. The maximum Gasteiger partial charge on any atom is 0.250 e. The highest BCUT2D eigenvalue weighted by Gasteiger charge is 2.16. The van der Waals surface area contributed by atoms with Crippen LogP contribution in [0.25, 0.3) is 0 Å². The van der Waals surface area contributed by atoms with E-state index < -0.39 is 0 Å². The molecule has 0 aliphatic rings. The molecule has 0 bridgehead atoms. The number of thiophene rings is 1. The lowest BCUT2D eigenvalue weighted by Crippen LogP contribution is -2.45. The van der Waals surface area contributed by atoms with Crippen LogP contribution in [0.5, 0.6) is 0 Å². The summed E-state index contributed by atoms with van der Waals surface area (Å²) in [5, 5.41) is 2.02. The Labute approximate surface area is 87.7 Å². The van der Waals surface area contributed by atoms with Crippen molar-refractivity contribution < 1.29 is 4.79 Å². The van der Waals surface area contributed by atoms with Gasteiger partial charge in [-0.15, -0.1) is 11.3 Å². The van der Waals surface area contributed by atoms with E-state index in [9.17, 15) is 4.79 Å². The molecule has 0 radical (unpaired) electrons. The quantitative estimate of drug-likeness (QED) is 0.436. The Balaban J connectivity index is 2.49. The molecule has 1 aromatic heterocycles. The molecule has 5 heteroatoms. The zero-order chi connectivity index (χ0) is 10.6. The van der Waals surface area contributed by atoms with Crippen molar-refractivity contribution in [2.75, 3.05) is 7.05 Å². The highest BCUT2D eigenvalue weighted by atomic mass is 32.1. The molecular weight excluding hydrogens is 198 g/mol. The first-order valence-electron chi connectivity index (χ1n) is 4.38. The molecule has 0 aromatic carbocycles. The molecule has 0 aliphatic heterocycles. The molecule has 78 valence electrons. The molecule has 0 saturated carbocycles. The fourth-order valence-corrected chi connectivity index (χ4v) is 1.87. The summed E-state index contributed by atoms with van der Waals surface area (Å²) in [6, 6.07) is 3.84. The van der Waals surface area contributed by atoms with Gasteiger partial charge in [-0.1, -0.05) is 6.07 Å². The Kier molecular flexibility index (Phi) is 4.06. The number of nitrogens with two attached hydrogens (primary N) is 1. The minimum Gasteiger partial charge on any atom is -0.293 e. The Morgan fingerprint density at radius 3 is 3.00 bits per heavy atom. The van der Waals surface area contributed by atoms with Crippen LogP contribution < -0.4 is 11.3 Å². The number of amides is 1. The number of carbonyl (C=O) groups excluding carboxylic acids is 1. The minimum atomic E-state index is -0.206. The van der Waals surface area contributed by atoms with E-state index in [0.29, 0.717) is 0 Å². The fourth-order valence-electron chi connectivity index (χ4n) is 1.11. The van der Waals surface area contributed by atoms with Crippen molar-refractivity contribution >= 4 is 17.2 Å². The molecule has 4 nitrogen and oxygen atoms in total. The first-order chi connectivity index (χ1) is 6.65. The van der Waals surface area contributed by atoms with Crippen LogP contribution in [0.4, 0.5) is 0 Å². The zero-order valence-electron chi connectivity index (χ0n) is 8.36.